The fourth-order valence-electron chi connectivity index (χ4n) is 3.23. The van der Waals surface area contributed by atoms with E-state index in [-0.39, 0.29) is 5.92 Å². The predicted molar refractivity (Wildman–Crippen MR) is 75.4 cm³/mol. The molecule has 0 aliphatic carbocycles. The maximum absolute atomic E-state index is 12.7. The summed E-state index contributed by atoms with van der Waals surface area (Å²) < 4.78 is 5.36. The zero-order valence-electron chi connectivity index (χ0n) is 11.5. The molecule has 0 radical (unpaired) electrons. The Labute approximate surface area is 114 Å². The second-order valence-corrected chi connectivity index (χ2v) is 5.56. The summed E-state index contributed by atoms with van der Waals surface area (Å²) in [6, 6.07) is 6.36. The smallest absolute Gasteiger partial charge is 0.230 e. The summed E-state index contributed by atoms with van der Waals surface area (Å²) in [4.78, 5) is 14.8. The van der Waals surface area contributed by atoms with Gasteiger partial charge >= 0.3 is 0 Å². The Morgan fingerprint density at radius 2 is 2.11 bits per heavy atom. The standard InChI is InChI=1S/C16H21NO2/c1-12-4-2-5-13-6-3-9-17(15(12)13)16(18)14-7-10-19-11-8-14/h2,4-5,14H,3,6-11H2,1H3. The fourth-order valence-corrected chi connectivity index (χ4v) is 3.23. The summed E-state index contributed by atoms with van der Waals surface area (Å²) in [5.41, 5.74) is 3.72. The fraction of sp³-hybridized carbons (Fsp3) is 0.562. The second-order valence-electron chi connectivity index (χ2n) is 5.56. The van der Waals surface area contributed by atoms with Crippen LogP contribution in [-0.2, 0) is 16.0 Å². The van der Waals surface area contributed by atoms with Gasteiger partial charge in [0.2, 0.25) is 5.91 Å². The number of fused-ring (bicyclic) bond motifs is 1. The van der Waals surface area contributed by atoms with E-state index < -0.39 is 0 Å². The Bertz CT molecular complexity index is 478. The van der Waals surface area contributed by atoms with E-state index in [0.717, 1.165) is 45.4 Å². The van der Waals surface area contributed by atoms with Crippen LogP contribution in [-0.4, -0.2) is 25.7 Å². The van der Waals surface area contributed by atoms with Gasteiger partial charge in [-0.15, -0.1) is 0 Å². The lowest BCUT2D eigenvalue weighted by atomic mass is 9.94. The van der Waals surface area contributed by atoms with Gasteiger partial charge in [-0.05, 0) is 43.7 Å². The first-order valence-electron chi connectivity index (χ1n) is 7.25. The van der Waals surface area contributed by atoms with Gasteiger partial charge in [-0.2, -0.15) is 0 Å². The molecule has 1 saturated heterocycles. The number of carbonyl (C=O) groups excluding carboxylic acids is 1. The number of carbonyl (C=O) groups is 1. The molecule has 0 saturated carbocycles. The number of para-hydroxylation sites is 1. The minimum atomic E-state index is 0.152. The van der Waals surface area contributed by atoms with Crippen LogP contribution >= 0.6 is 0 Å². The number of benzene rings is 1. The van der Waals surface area contributed by atoms with Crippen molar-refractivity contribution >= 4 is 11.6 Å². The van der Waals surface area contributed by atoms with Crippen molar-refractivity contribution in [1.29, 1.82) is 0 Å². The molecule has 1 aromatic rings. The van der Waals surface area contributed by atoms with Crippen molar-refractivity contribution in [2.24, 2.45) is 5.92 Å². The van der Waals surface area contributed by atoms with Gasteiger partial charge in [-0.3, -0.25) is 4.79 Å². The second kappa shape index (κ2) is 5.33. The van der Waals surface area contributed by atoms with E-state index >= 15 is 0 Å². The molecule has 1 fully saturated rings. The van der Waals surface area contributed by atoms with Crippen molar-refractivity contribution in [2.75, 3.05) is 24.7 Å². The molecule has 3 heteroatoms. The molecule has 0 spiro atoms. The van der Waals surface area contributed by atoms with Crippen LogP contribution in [0.5, 0.6) is 0 Å². The van der Waals surface area contributed by atoms with Crippen molar-refractivity contribution in [2.45, 2.75) is 32.6 Å². The third-order valence-corrected chi connectivity index (χ3v) is 4.26. The molecule has 2 aliphatic rings. The molecule has 2 aliphatic heterocycles. The van der Waals surface area contributed by atoms with E-state index in [1.165, 1.54) is 16.8 Å². The molecule has 0 N–H and O–H groups in total. The summed E-state index contributed by atoms with van der Waals surface area (Å²) in [6.45, 7) is 4.43. The van der Waals surface area contributed by atoms with Crippen LogP contribution in [0.4, 0.5) is 5.69 Å². The van der Waals surface area contributed by atoms with Gasteiger partial charge in [0.15, 0.2) is 0 Å². The molecular formula is C16H21NO2. The molecule has 1 amide bonds. The zero-order valence-corrected chi connectivity index (χ0v) is 11.5. The number of aryl methyl sites for hydroxylation is 2. The number of rotatable bonds is 1. The highest BCUT2D eigenvalue weighted by atomic mass is 16.5. The van der Waals surface area contributed by atoms with E-state index in [0.29, 0.717) is 5.91 Å². The van der Waals surface area contributed by atoms with Crippen LogP contribution in [0.25, 0.3) is 0 Å². The molecule has 19 heavy (non-hydrogen) atoms. The lowest BCUT2D eigenvalue weighted by Gasteiger charge is -2.34. The number of anilines is 1. The predicted octanol–water partition coefficient (Wildman–Crippen LogP) is 2.70. The van der Waals surface area contributed by atoms with Gasteiger partial charge in [0.1, 0.15) is 0 Å². The first-order chi connectivity index (χ1) is 9.27. The van der Waals surface area contributed by atoms with Gasteiger partial charge in [-0.1, -0.05) is 18.2 Å². The highest BCUT2D eigenvalue weighted by Gasteiger charge is 2.30. The third kappa shape index (κ3) is 2.39. The minimum absolute atomic E-state index is 0.152. The number of hydrogen-bond acceptors (Lipinski definition) is 2. The number of hydrogen-bond donors (Lipinski definition) is 0. The van der Waals surface area contributed by atoms with Crippen molar-refractivity contribution in [3.05, 3.63) is 29.3 Å². The zero-order chi connectivity index (χ0) is 13.2. The summed E-state index contributed by atoms with van der Waals surface area (Å²) in [7, 11) is 0. The Morgan fingerprint density at radius 3 is 2.89 bits per heavy atom. The first-order valence-corrected chi connectivity index (χ1v) is 7.25. The Kier molecular flexibility index (Phi) is 3.56. The van der Waals surface area contributed by atoms with Gasteiger partial charge < -0.3 is 9.64 Å². The summed E-state index contributed by atoms with van der Waals surface area (Å²) in [6.07, 6.45) is 3.91. The first kappa shape index (κ1) is 12.7. The molecule has 0 aromatic heterocycles. The average Bonchev–Trinajstić information content (AvgIpc) is 2.47. The van der Waals surface area contributed by atoms with Crippen LogP contribution in [0, 0.1) is 12.8 Å². The molecule has 0 bridgehead atoms. The van der Waals surface area contributed by atoms with Gasteiger partial charge in [0.25, 0.3) is 0 Å². The largest absolute Gasteiger partial charge is 0.381 e. The quantitative estimate of drug-likeness (QED) is 0.776. The molecule has 3 rings (SSSR count). The normalized spacial score (nSPS) is 20.2. The SMILES string of the molecule is Cc1cccc2c1N(C(=O)C1CCOCC1)CCC2. The molecule has 1 aromatic carbocycles. The summed E-state index contributed by atoms with van der Waals surface area (Å²) in [5.74, 6) is 0.456. The Morgan fingerprint density at radius 1 is 1.32 bits per heavy atom. The lowest BCUT2D eigenvalue weighted by molar-refractivity contribution is -0.125. The van der Waals surface area contributed by atoms with Crippen LogP contribution in [0.15, 0.2) is 18.2 Å². The molecule has 2 heterocycles. The third-order valence-electron chi connectivity index (χ3n) is 4.26. The van der Waals surface area contributed by atoms with E-state index in [1.54, 1.807) is 0 Å². The number of ether oxygens (including phenoxy) is 1. The van der Waals surface area contributed by atoms with Gasteiger partial charge in [0, 0.05) is 31.4 Å². The van der Waals surface area contributed by atoms with E-state index in [9.17, 15) is 4.79 Å². The monoisotopic (exact) mass is 259 g/mol. The Balaban J connectivity index is 1.88. The summed E-state index contributed by atoms with van der Waals surface area (Å²) in [5, 5.41) is 0. The van der Waals surface area contributed by atoms with Crippen molar-refractivity contribution in [1.82, 2.24) is 0 Å². The Hall–Kier alpha value is -1.35. The number of amides is 1. The van der Waals surface area contributed by atoms with Gasteiger partial charge in [0.05, 0.1) is 0 Å². The van der Waals surface area contributed by atoms with Crippen molar-refractivity contribution < 1.29 is 9.53 Å². The molecule has 0 unspecified atom stereocenters. The molecular weight excluding hydrogens is 238 g/mol. The van der Waals surface area contributed by atoms with E-state index in [1.807, 2.05) is 4.90 Å². The van der Waals surface area contributed by atoms with Crippen LogP contribution in [0.3, 0.4) is 0 Å². The number of nitrogens with zero attached hydrogens (tertiary/aromatic N) is 1. The highest BCUT2D eigenvalue weighted by molar-refractivity contribution is 5.97. The molecule has 102 valence electrons. The van der Waals surface area contributed by atoms with Crippen molar-refractivity contribution in [3.63, 3.8) is 0 Å². The average molecular weight is 259 g/mol. The molecule has 0 atom stereocenters. The van der Waals surface area contributed by atoms with Crippen molar-refractivity contribution in [3.8, 4) is 0 Å². The minimum Gasteiger partial charge on any atom is -0.381 e. The van der Waals surface area contributed by atoms with E-state index in [4.69, 9.17) is 4.74 Å². The van der Waals surface area contributed by atoms with Crippen LogP contribution < -0.4 is 4.90 Å². The summed E-state index contributed by atoms with van der Waals surface area (Å²) >= 11 is 0. The maximum Gasteiger partial charge on any atom is 0.230 e. The molecule has 3 nitrogen and oxygen atoms in total. The topological polar surface area (TPSA) is 29.5 Å². The van der Waals surface area contributed by atoms with E-state index in [2.05, 4.69) is 25.1 Å². The lowest BCUT2D eigenvalue weighted by Crippen LogP contribution is -2.41. The van der Waals surface area contributed by atoms with Crippen LogP contribution in [0.2, 0.25) is 0 Å². The van der Waals surface area contributed by atoms with Crippen LogP contribution in [0.1, 0.15) is 30.4 Å². The maximum atomic E-state index is 12.7. The van der Waals surface area contributed by atoms with Gasteiger partial charge in [-0.25, -0.2) is 0 Å². The highest BCUT2D eigenvalue weighted by Crippen LogP contribution is 2.32.